The van der Waals surface area contributed by atoms with Crippen LogP contribution < -0.4 is 14.4 Å². The molecule has 9 heteroatoms. The molecule has 4 bridgehead atoms. The maximum Gasteiger partial charge on any atom is 0.262 e. The largest absolute Gasteiger partial charge is 0.490 e. The van der Waals surface area contributed by atoms with Gasteiger partial charge in [0.05, 0.1) is 46.1 Å². The van der Waals surface area contributed by atoms with Gasteiger partial charge in [0.2, 0.25) is 0 Å². The van der Waals surface area contributed by atoms with E-state index < -0.39 is 15.0 Å². The Labute approximate surface area is 254 Å². The van der Waals surface area contributed by atoms with Gasteiger partial charge in [0.15, 0.2) is 0 Å². The zero-order valence-electron chi connectivity index (χ0n) is 24.3. The number of carbonyl (C=O) groups excluding carboxylic acids is 1. The molecule has 2 fully saturated rings. The number of nitrogens with zero attached hydrogens (tertiary/aromatic N) is 1. The van der Waals surface area contributed by atoms with Gasteiger partial charge >= 0.3 is 0 Å². The topological polar surface area (TPSA) is 77.1 Å². The Morgan fingerprint density at radius 1 is 1.14 bits per heavy atom. The molecule has 1 saturated heterocycles. The standard InChI is InChI=1S/C33H41ClN2O5S/c1-21-18-40-26-11-13-39-31(16-26)27-8-5-24(27)17-36-19-33(12-3-4-22-14-25(34)7-9-28(22)33)20-41-30-10-6-23(15-29(30)36)32(37)35-42(21,2)38/h6-7,9-10,14-15,21,24,26-27,31H,2-5,8,11-13,16-20H2,1H3,(H,35,37,38)/t21-,24-,26-,27+,31-,33-,42?/m0/s1. The molecule has 1 amide bonds. The normalized spacial score (nSPS) is 36.5. The van der Waals surface area contributed by atoms with E-state index in [2.05, 4.69) is 27.6 Å². The second kappa shape index (κ2) is 11.0. The fourth-order valence-electron chi connectivity index (χ4n) is 7.79. The van der Waals surface area contributed by atoms with E-state index in [1.807, 2.05) is 25.1 Å². The molecule has 0 aromatic heterocycles. The molecule has 1 N–H and O–H groups in total. The van der Waals surface area contributed by atoms with Crippen molar-refractivity contribution in [2.75, 3.05) is 37.8 Å². The van der Waals surface area contributed by atoms with Crippen LogP contribution >= 0.6 is 11.6 Å². The molecule has 2 aromatic rings. The van der Waals surface area contributed by atoms with E-state index in [4.69, 9.17) is 25.8 Å². The van der Waals surface area contributed by atoms with Crippen LogP contribution in [0, 0.1) is 11.8 Å². The van der Waals surface area contributed by atoms with Gasteiger partial charge in [-0.25, -0.2) is 4.21 Å². The molecule has 7 nitrogen and oxygen atoms in total. The average molecular weight is 613 g/mol. The quantitative estimate of drug-likeness (QED) is 0.414. The Balaban J connectivity index is 1.29. The Hall–Kier alpha value is -2.26. The van der Waals surface area contributed by atoms with Gasteiger partial charge in [-0.2, -0.15) is 0 Å². The third kappa shape index (κ3) is 5.23. The molecule has 0 radical (unpaired) electrons. The number of amides is 1. The van der Waals surface area contributed by atoms with Crippen molar-refractivity contribution in [2.45, 2.75) is 74.7 Å². The first-order valence-electron chi connectivity index (χ1n) is 15.4. The smallest absolute Gasteiger partial charge is 0.262 e. The number of carbonyl (C=O) groups is 1. The van der Waals surface area contributed by atoms with Crippen LogP contribution in [0.25, 0.3) is 0 Å². The zero-order chi connectivity index (χ0) is 29.1. The molecule has 1 unspecified atom stereocenters. The third-order valence-corrected chi connectivity index (χ3v) is 12.7. The van der Waals surface area contributed by atoms with Crippen LogP contribution in [0.5, 0.6) is 5.75 Å². The number of anilines is 1. The second-order valence-corrected chi connectivity index (χ2v) is 16.0. The molecule has 42 heavy (non-hydrogen) atoms. The van der Waals surface area contributed by atoms with E-state index >= 15 is 0 Å². The molecule has 1 saturated carbocycles. The lowest BCUT2D eigenvalue weighted by molar-refractivity contribution is -0.116. The number of rotatable bonds is 0. The summed E-state index contributed by atoms with van der Waals surface area (Å²) < 4.78 is 35.5. The first-order chi connectivity index (χ1) is 20.2. The van der Waals surface area contributed by atoms with E-state index in [0.29, 0.717) is 30.6 Å². The van der Waals surface area contributed by atoms with Gasteiger partial charge in [0.1, 0.15) is 5.75 Å². The lowest BCUT2D eigenvalue weighted by Gasteiger charge is -2.48. The summed E-state index contributed by atoms with van der Waals surface area (Å²) in [4.78, 5) is 15.9. The van der Waals surface area contributed by atoms with E-state index in [-0.39, 0.29) is 30.1 Å². The van der Waals surface area contributed by atoms with Crippen molar-refractivity contribution in [3.63, 3.8) is 0 Å². The highest BCUT2D eigenvalue weighted by Crippen LogP contribution is 2.47. The van der Waals surface area contributed by atoms with Crippen molar-refractivity contribution in [1.29, 1.82) is 0 Å². The Morgan fingerprint density at radius 2 is 2.02 bits per heavy atom. The second-order valence-electron chi connectivity index (χ2n) is 13.1. The number of hydrogen-bond acceptors (Lipinski definition) is 6. The van der Waals surface area contributed by atoms with E-state index in [9.17, 15) is 9.00 Å². The van der Waals surface area contributed by atoms with Crippen molar-refractivity contribution < 1.29 is 23.2 Å². The Morgan fingerprint density at radius 3 is 2.86 bits per heavy atom. The summed E-state index contributed by atoms with van der Waals surface area (Å²) in [5.41, 5.74) is 3.82. The molecular weight excluding hydrogens is 572 g/mol. The van der Waals surface area contributed by atoms with Crippen LogP contribution in [0.3, 0.4) is 0 Å². The molecule has 2 aromatic carbocycles. The molecular formula is C33H41ClN2O5S. The lowest BCUT2D eigenvalue weighted by atomic mass is 9.67. The summed E-state index contributed by atoms with van der Waals surface area (Å²) in [7, 11) is -2.93. The Bertz CT molecular complexity index is 1480. The van der Waals surface area contributed by atoms with Gasteiger partial charge in [0.25, 0.3) is 5.91 Å². The predicted octanol–water partition coefficient (Wildman–Crippen LogP) is 5.17. The summed E-state index contributed by atoms with van der Waals surface area (Å²) in [5, 5.41) is 0.347. The average Bonchev–Trinajstić information content (AvgIpc) is 3.10. The van der Waals surface area contributed by atoms with Crippen molar-refractivity contribution >= 4 is 38.8 Å². The number of fused-ring (bicyclic) bond motifs is 7. The van der Waals surface area contributed by atoms with E-state index in [0.717, 1.165) is 74.5 Å². The minimum Gasteiger partial charge on any atom is -0.490 e. The summed E-state index contributed by atoms with van der Waals surface area (Å²) in [6.07, 6.45) is 7.33. The van der Waals surface area contributed by atoms with Crippen LogP contribution in [0.15, 0.2) is 36.4 Å². The fraction of sp³-hybridized carbons (Fsp3) is 0.576. The minimum absolute atomic E-state index is 0.0611. The molecule has 1 spiro atoms. The first-order valence-corrected chi connectivity index (χ1v) is 17.6. The van der Waals surface area contributed by atoms with Gasteiger partial charge in [-0.1, -0.05) is 17.7 Å². The Kier molecular flexibility index (Phi) is 7.48. The molecule has 2 aliphatic carbocycles. The summed E-state index contributed by atoms with van der Waals surface area (Å²) in [6.45, 7) is 5.03. The number of hydrogen-bond donors (Lipinski definition) is 1. The van der Waals surface area contributed by atoms with Gasteiger partial charge in [-0.15, -0.1) is 0 Å². The van der Waals surface area contributed by atoms with Crippen molar-refractivity contribution in [3.05, 3.63) is 58.1 Å². The zero-order valence-corrected chi connectivity index (χ0v) is 25.9. The third-order valence-electron chi connectivity index (χ3n) is 10.5. The van der Waals surface area contributed by atoms with Crippen LogP contribution in [0.2, 0.25) is 5.02 Å². The van der Waals surface area contributed by atoms with Gasteiger partial charge < -0.3 is 19.1 Å². The van der Waals surface area contributed by atoms with Gasteiger partial charge in [-0.05, 0) is 105 Å². The highest BCUT2D eigenvalue weighted by Gasteiger charge is 2.45. The maximum absolute atomic E-state index is 13.5. The number of benzene rings is 2. The fourth-order valence-corrected chi connectivity index (χ4v) is 8.92. The number of ether oxygens (including phenoxy) is 3. The minimum atomic E-state index is -2.93. The van der Waals surface area contributed by atoms with Crippen molar-refractivity contribution in [1.82, 2.24) is 4.72 Å². The lowest BCUT2D eigenvalue weighted by Crippen LogP contribution is -2.51. The predicted molar refractivity (Wildman–Crippen MR) is 167 cm³/mol. The summed E-state index contributed by atoms with van der Waals surface area (Å²) in [6, 6.07) is 11.9. The molecule has 5 aliphatic rings. The molecule has 3 heterocycles. The number of aryl methyl sites for hydroxylation is 1. The van der Waals surface area contributed by atoms with Crippen LogP contribution in [0.1, 0.15) is 66.9 Å². The highest BCUT2D eigenvalue weighted by molar-refractivity contribution is 7.99. The molecule has 7 atom stereocenters. The molecule has 3 aliphatic heterocycles. The number of halogens is 1. The summed E-state index contributed by atoms with van der Waals surface area (Å²) in [5.74, 6) is 5.26. The maximum atomic E-state index is 13.5. The van der Waals surface area contributed by atoms with E-state index in [1.165, 1.54) is 11.1 Å². The number of nitrogens with one attached hydrogen (secondary N) is 1. The van der Waals surface area contributed by atoms with Crippen LogP contribution in [-0.2, 0) is 31.0 Å². The van der Waals surface area contributed by atoms with Gasteiger partial charge in [-0.3, -0.25) is 9.52 Å². The highest BCUT2D eigenvalue weighted by atomic mass is 35.5. The first kappa shape index (κ1) is 28.5. The SMILES string of the molecule is C=S1(=O)NC(=O)c2ccc3c(c2)N(C[C@@H]2CC[C@H]2[C@@H]2C[C@H](CCO2)OC[C@@H]1C)C[C@@]1(CCCc2cc(Cl)ccc21)CO3. The van der Waals surface area contributed by atoms with E-state index in [1.54, 1.807) is 6.07 Å². The molecule has 7 rings (SSSR count). The van der Waals surface area contributed by atoms with Crippen molar-refractivity contribution in [3.8, 4) is 5.75 Å². The van der Waals surface area contributed by atoms with Gasteiger partial charge in [0, 0.05) is 42.1 Å². The van der Waals surface area contributed by atoms with Crippen molar-refractivity contribution in [2.24, 2.45) is 11.8 Å². The monoisotopic (exact) mass is 612 g/mol. The summed E-state index contributed by atoms with van der Waals surface area (Å²) >= 11 is 6.42. The van der Waals surface area contributed by atoms with Crippen LogP contribution in [0.4, 0.5) is 5.69 Å². The van der Waals surface area contributed by atoms with Crippen LogP contribution in [-0.4, -0.2) is 66.4 Å². The molecule has 226 valence electrons.